The van der Waals surface area contributed by atoms with Gasteiger partial charge in [-0.15, -0.1) is 10.2 Å². The zero-order chi connectivity index (χ0) is 51.2. The lowest BCUT2D eigenvalue weighted by molar-refractivity contribution is -0.116. The Bertz CT molecular complexity index is 3860. The molecule has 1 amide bonds. The minimum absolute atomic E-state index is 0.0617. The van der Waals surface area contributed by atoms with E-state index >= 15 is 0 Å². The van der Waals surface area contributed by atoms with E-state index in [2.05, 4.69) is 45.3 Å². The van der Waals surface area contributed by atoms with Crippen LogP contribution in [-0.4, -0.2) is 118 Å². The van der Waals surface area contributed by atoms with Crippen LogP contribution < -0.4 is 16.0 Å². The third kappa shape index (κ3) is 12.4. The number of hydrogen-bond donors (Lipinski definition) is 9. The zero-order valence-corrected chi connectivity index (χ0v) is 39.5. The van der Waals surface area contributed by atoms with Gasteiger partial charge in [0, 0.05) is 21.8 Å². The van der Waals surface area contributed by atoms with Crippen molar-refractivity contribution in [2.24, 2.45) is 10.2 Å². The summed E-state index contributed by atoms with van der Waals surface area (Å²) in [4.78, 5) is 20.4. The zero-order valence-electron chi connectivity index (χ0n) is 33.9. The summed E-state index contributed by atoms with van der Waals surface area (Å²) in [7, 11) is -30.1. The molecule has 0 saturated heterocycles. The van der Waals surface area contributed by atoms with Crippen molar-refractivity contribution in [1.82, 2.24) is 15.0 Å². The van der Waals surface area contributed by atoms with E-state index in [0.29, 0.717) is 18.2 Å². The average molecular weight is 1100 g/mol. The minimum atomic E-state index is -5.49. The molecule has 1 atom stereocenters. The number of aromatic hydroxyl groups is 1. The first-order chi connectivity index (χ1) is 31.7. The van der Waals surface area contributed by atoms with Crippen LogP contribution in [0, 0.1) is 0 Å². The molecule has 0 radical (unpaired) electrons. The maximum atomic E-state index is 13.2. The van der Waals surface area contributed by atoms with E-state index in [9.17, 15) is 78.6 Å². The molecule has 0 aliphatic heterocycles. The second-order valence-corrected chi connectivity index (χ2v) is 22.9. The normalized spacial score (nSPS) is 13.4. The number of amides is 1. The van der Waals surface area contributed by atoms with Gasteiger partial charge in [-0.05, 0) is 72.4 Å². The Balaban J connectivity index is 1.38. The topological polar surface area (TPSA) is 452 Å². The van der Waals surface area contributed by atoms with Crippen molar-refractivity contribution in [2.45, 2.75) is 37.4 Å². The SMILES string of the molecule is CC(Nc1nc(Cl)nc(Nc2cc(S(=O)(=O)O)cc3cc(S(=O)(=O)O)c(N=Nc4ccc5c(S(=O)(=O)O)cccc5c4S(=O)(=O)O)c(O)c23)n1)C(=O)Nc1cccc(S(=O)(=O)CCOS(=O)(=O)O)c1. The smallest absolute Gasteiger partial charge is 0.397 e. The number of halogens is 1. The maximum Gasteiger partial charge on any atom is 0.397 e. The van der Waals surface area contributed by atoms with Crippen molar-refractivity contribution in [3.63, 3.8) is 0 Å². The van der Waals surface area contributed by atoms with Crippen LogP contribution in [0.15, 0.2) is 108 Å². The Labute approximate surface area is 394 Å². The van der Waals surface area contributed by atoms with Crippen LogP contribution in [-0.2, 0) is 69.7 Å². The molecule has 1 heterocycles. The third-order valence-electron chi connectivity index (χ3n) is 9.08. The van der Waals surface area contributed by atoms with Crippen LogP contribution in [0.1, 0.15) is 6.92 Å². The van der Waals surface area contributed by atoms with Gasteiger partial charge in [0.15, 0.2) is 15.6 Å². The molecule has 0 aliphatic rings. The van der Waals surface area contributed by atoms with Gasteiger partial charge < -0.3 is 21.1 Å². The quantitative estimate of drug-likeness (QED) is 0.0464. The molecule has 6 rings (SSSR count). The summed E-state index contributed by atoms with van der Waals surface area (Å²) in [6.07, 6.45) is 0. The molecule has 1 unspecified atom stereocenters. The van der Waals surface area contributed by atoms with Crippen molar-refractivity contribution in [3.05, 3.63) is 78.1 Å². The van der Waals surface area contributed by atoms with Crippen molar-refractivity contribution in [3.8, 4) is 5.75 Å². The van der Waals surface area contributed by atoms with Crippen molar-refractivity contribution in [2.75, 3.05) is 28.3 Å². The summed E-state index contributed by atoms with van der Waals surface area (Å²) in [5.41, 5.74) is -2.62. The Kier molecular flexibility index (Phi) is 14.4. The van der Waals surface area contributed by atoms with Gasteiger partial charge in [-0.25, -0.2) is 12.6 Å². The molecule has 35 heteroatoms. The second kappa shape index (κ2) is 19.0. The number of carbonyl (C=O) groups is 1. The number of hydrogen-bond acceptors (Lipinski definition) is 22. The van der Waals surface area contributed by atoms with E-state index in [1.165, 1.54) is 19.1 Å². The molecule has 0 spiro atoms. The summed E-state index contributed by atoms with van der Waals surface area (Å²) in [5, 5.41) is 23.7. The van der Waals surface area contributed by atoms with Gasteiger partial charge in [0.25, 0.3) is 40.5 Å². The van der Waals surface area contributed by atoms with Crippen LogP contribution in [0.2, 0.25) is 5.28 Å². The minimum Gasteiger partial charge on any atom is -0.505 e. The fourth-order valence-corrected chi connectivity index (χ4v) is 10.6. The Morgan fingerprint density at radius 2 is 1.36 bits per heavy atom. The summed E-state index contributed by atoms with van der Waals surface area (Å²) in [6.45, 7) is 0.365. The second-order valence-electron chi connectivity index (χ2n) is 13.8. The highest BCUT2D eigenvalue weighted by Crippen LogP contribution is 2.46. The lowest BCUT2D eigenvalue weighted by atomic mass is 10.1. The first-order valence-electron chi connectivity index (χ1n) is 18.1. The number of phenols is 1. The van der Waals surface area contributed by atoms with Gasteiger partial charge >= 0.3 is 10.4 Å². The van der Waals surface area contributed by atoms with Crippen molar-refractivity contribution < 1.29 is 87.4 Å². The number of sulfone groups is 1. The largest absolute Gasteiger partial charge is 0.505 e. The molecule has 368 valence electrons. The Morgan fingerprint density at radius 3 is 1.99 bits per heavy atom. The van der Waals surface area contributed by atoms with Gasteiger partial charge in [-0.1, -0.05) is 24.3 Å². The third-order valence-corrected chi connectivity index (χ3v) is 14.9. The number of anilines is 4. The molecular weight excluding hydrogens is 1070 g/mol. The molecule has 0 saturated carbocycles. The molecule has 0 bridgehead atoms. The summed E-state index contributed by atoms with van der Waals surface area (Å²) >= 11 is 6.13. The highest BCUT2D eigenvalue weighted by Gasteiger charge is 2.28. The number of aromatic nitrogens is 3. The molecule has 1 aromatic heterocycles. The van der Waals surface area contributed by atoms with Gasteiger partial charge in [-0.3, -0.25) is 27.6 Å². The number of fused-ring (bicyclic) bond motifs is 2. The number of carbonyl (C=O) groups excluding carboxylic acids is 1. The van der Waals surface area contributed by atoms with Crippen molar-refractivity contribution >= 4 is 134 Å². The number of rotatable bonds is 17. The summed E-state index contributed by atoms with van der Waals surface area (Å²) < 4.78 is 199. The number of phenolic OH excluding ortho intramolecular Hbond substituents is 1. The fraction of sp³-hybridized carbons (Fsp3) is 0.118. The van der Waals surface area contributed by atoms with Gasteiger partial charge in [0.1, 0.15) is 32.1 Å². The van der Waals surface area contributed by atoms with Gasteiger partial charge in [0.2, 0.25) is 23.1 Å². The molecule has 5 aromatic carbocycles. The van der Waals surface area contributed by atoms with E-state index in [4.69, 9.17) is 16.2 Å². The van der Waals surface area contributed by atoms with Crippen molar-refractivity contribution in [1.29, 1.82) is 0 Å². The summed E-state index contributed by atoms with van der Waals surface area (Å²) in [6, 6.07) is 9.95. The standard InChI is InChI=1S/C34H29ClN8O20S6/c1-16(31(45)37-18-4-2-5-19(14-18)64(46,47)11-10-63-69(60,61)62)36-33-39-32(35)40-34(41-33)38-24-15-20(65(48,49)50)12-17-13-26(67(54,55)56)28(29(44)27(17)24)43-42-23-9-8-21-22(30(23)68(57,58)59)6-3-7-25(21)66(51,52)53/h2-9,12-16,44H,10-11H2,1H3,(H,37,45)(H,48,49,50)(H,51,52,53)(H,54,55,56)(H,57,58,59)(H,60,61,62)(H2,36,38,39,40,41). The molecule has 0 fully saturated rings. The lowest BCUT2D eigenvalue weighted by Crippen LogP contribution is -2.32. The average Bonchev–Trinajstić information content (AvgIpc) is 3.20. The molecular formula is C34H29ClN8O20S6. The molecule has 9 N–H and O–H groups in total. The first-order valence-corrected chi connectivity index (χ1v) is 27.3. The molecule has 69 heavy (non-hydrogen) atoms. The number of azo groups is 1. The van der Waals surface area contributed by atoms with E-state index in [0.717, 1.165) is 42.5 Å². The fourth-order valence-electron chi connectivity index (χ4n) is 6.20. The predicted molar refractivity (Wildman–Crippen MR) is 239 cm³/mol. The van der Waals surface area contributed by atoms with Crippen LogP contribution >= 0.6 is 11.6 Å². The van der Waals surface area contributed by atoms with E-state index in [1.807, 2.05) is 0 Å². The maximum absolute atomic E-state index is 13.2. The van der Waals surface area contributed by atoms with Gasteiger partial charge in [-0.2, -0.15) is 57.0 Å². The van der Waals surface area contributed by atoms with Crippen LogP contribution in [0.4, 0.5) is 34.6 Å². The monoisotopic (exact) mass is 1100 g/mol. The highest BCUT2D eigenvalue weighted by atomic mass is 35.5. The van der Waals surface area contributed by atoms with Crippen LogP contribution in [0.5, 0.6) is 5.75 Å². The van der Waals surface area contributed by atoms with E-state index in [-0.39, 0.29) is 10.6 Å². The van der Waals surface area contributed by atoms with Crippen LogP contribution in [0.25, 0.3) is 21.5 Å². The highest BCUT2D eigenvalue weighted by molar-refractivity contribution is 7.91. The first kappa shape index (κ1) is 52.2. The summed E-state index contributed by atoms with van der Waals surface area (Å²) in [5.74, 6) is -4.02. The van der Waals surface area contributed by atoms with E-state index in [1.54, 1.807) is 0 Å². The van der Waals surface area contributed by atoms with E-state index < -0.39 is 166 Å². The predicted octanol–water partition coefficient (Wildman–Crippen LogP) is 3.72. The molecule has 6 aromatic rings. The Morgan fingerprint density at radius 1 is 0.710 bits per heavy atom. The molecule has 28 nitrogen and oxygen atoms in total. The van der Waals surface area contributed by atoms with Crippen LogP contribution in [0.3, 0.4) is 0 Å². The number of benzene rings is 5. The lowest BCUT2D eigenvalue weighted by Gasteiger charge is -2.17. The number of nitrogens with one attached hydrogen (secondary N) is 3. The Hall–Kier alpha value is -6.15. The van der Waals surface area contributed by atoms with Gasteiger partial charge in [0.05, 0.1) is 27.8 Å². The number of nitrogens with zero attached hydrogens (tertiary/aromatic N) is 5. The molecule has 0 aliphatic carbocycles.